The predicted molar refractivity (Wildman–Crippen MR) is 102 cm³/mol. The zero-order valence-electron chi connectivity index (χ0n) is 15.2. The highest BCUT2D eigenvalue weighted by atomic mass is 16.3. The molecule has 1 saturated carbocycles. The van der Waals surface area contributed by atoms with E-state index in [0.717, 1.165) is 29.8 Å². The lowest BCUT2D eigenvalue weighted by Crippen LogP contribution is -2.44. The standard InChI is InChI=1S/C21H22N4O2/c1-25-19(13-26)23-24-20(25)17-11-18(12-17)22-21(27)16-9-5-8-15(10-16)14-6-3-2-4-7-14/h2-10,17-18,26H,11-13H2,1H3,(H,22,27). The number of hydrogen-bond donors (Lipinski definition) is 2. The van der Waals surface area contributed by atoms with E-state index >= 15 is 0 Å². The van der Waals surface area contributed by atoms with Crippen LogP contribution >= 0.6 is 0 Å². The molecule has 1 amide bonds. The van der Waals surface area contributed by atoms with Crippen LogP contribution in [0.2, 0.25) is 0 Å². The summed E-state index contributed by atoms with van der Waals surface area (Å²) >= 11 is 0. The number of hydrogen-bond acceptors (Lipinski definition) is 4. The van der Waals surface area contributed by atoms with E-state index in [9.17, 15) is 9.90 Å². The van der Waals surface area contributed by atoms with E-state index in [1.165, 1.54) is 0 Å². The highest BCUT2D eigenvalue weighted by Gasteiger charge is 2.35. The van der Waals surface area contributed by atoms with Gasteiger partial charge in [0.05, 0.1) is 0 Å². The summed E-state index contributed by atoms with van der Waals surface area (Å²) in [6, 6.07) is 17.9. The van der Waals surface area contributed by atoms with Crippen LogP contribution in [0, 0.1) is 0 Å². The maximum absolute atomic E-state index is 12.6. The first kappa shape index (κ1) is 17.4. The third-order valence-electron chi connectivity index (χ3n) is 5.21. The maximum Gasteiger partial charge on any atom is 0.251 e. The molecule has 0 bridgehead atoms. The van der Waals surface area contributed by atoms with E-state index in [-0.39, 0.29) is 24.5 Å². The number of aliphatic hydroxyl groups excluding tert-OH is 1. The van der Waals surface area contributed by atoms with Gasteiger partial charge in [-0.05, 0) is 36.1 Å². The lowest BCUT2D eigenvalue weighted by atomic mass is 9.79. The number of rotatable bonds is 5. The minimum atomic E-state index is -0.117. The summed E-state index contributed by atoms with van der Waals surface area (Å²) in [7, 11) is 1.86. The van der Waals surface area contributed by atoms with Crippen molar-refractivity contribution >= 4 is 5.91 Å². The number of aromatic nitrogens is 3. The van der Waals surface area contributed by atoms with Crippen LogP contribution < -0.4 is 5.32 Å². The third-order valence-corrected chi connectivity index (χ3v) is 5.21. The van der Waals surface area contributed by atoms with Crippen molar-refractivity contribution in [1.29, 1.82) is 0 Å². The zero-order chi connectivity index (χ0) is 18.8. The van der Waals surface area contributed by atoms with Gasteiger partial charge in [0.1, 0.15) is 12.4 Å². The molecule has 6 heteroatoms. The minimum absolute atomic E-state index is 0.0507. The molecule has 2 aromatic carbocycles. The first-order valence-electron chi connectivity index (χ1n) is 9.11. The van der Waals surface area contributed by atoms with Crippen LogP contribution in [-0.2, 0) is 13.7 Å². The van der Waals surface area contributed by atoms with Gasteiger partial charge in [-0.1, -0.05) is 42.5 Å². The Labute approximate surface area is 157 Å². The molecule has 0 spiro atoms. The van der Waals surface area contributed by atoms with Crippen LogP contribution in [0.15, 0.2) is 54.6 Å². The summed E-state index contributed by atoms with van der Waals surface area (Å²) < 4.78 is 1.84. The molecule has 138 valence electrons. The summed E-state index contributed by atoms with van der Waals surface area (Å²) in [5.74, 6) is 1.65. The summed E-state index contributed by atoms with van der Waals surface area (Å²) in [5, 5.41) is 20.5. The Hall–Kier alpha value is -2.99. The van der Waals surface area contributed by atoms with Crippen molar-refractivity contribution in [3.05, 3.63) is 71.8 Å². The molecule has 1 heterocycles. The normalized spacial score (nSPS) is 18.7. The van der Waals surface area contributed by atoms with Crippen LogP contribution in [0.5, 0.6) is 0 Å². The van der Waals surface area contributed by atoms with Crippen molar-refractivity contribution in [1.82, 2.24) is 20.1 Å². The van der Waals surface area contributed by atoms with E-state index in [1.807, 2.05) is 66.2 Å². The Balaban J connectivity index is 1.39. The molecule has 4 rings (SSSR count). The molecular weight excluding hydrogens is 340 g/mol. The topological polar surface area (TPSA) is 80.0 Å². The molecule has 6 nitrogen and oxygen atoms in total. The van der Waals surface area contributed by atoms with Crippen molar-refractivity contribution in [3.8, 4) is 11.1 Å². The van der Waals surface area contributed by atoms with Crippen molar-refractivity contribution in [2.75, 3.05) is 0 Å². The smallest absolute Gasteiger partial charge is 0.251 e. The molecule has 27 heavy (non-hydrogen) atoms. The first-order valence-corrected chi connectivity index (χ1v) is 9.11. The number of nitrogens with one attached hydrogen (secondary N) is 1. The van der Waals surface area contributed by atoms with Gasteiger partial charge in [-0.3, -0.25) is 4.79 Å². The first-order chi connectivity index (χ1) is 13.2. The molecule has 1 aliphatic rings. The lowest BCUT2D eigenvalue weighted by molar-refractivity contribution is 0.0907. The summed E-state index contributed by atoms with van der Waals surface area (Å²) in [6.45, 7) is -0.117. The summed E-state index contributed by atoms with van der Waals surface area (Å²) in [4.78, 5) is 12.6. The molecule has 1 fully saturated rings. The van der Waals surface area contributed by atoms with E-state index in [1.54, 1.807) is 0 Å². The quantitative estimate of drug-likeness (QED) is 0.731. The molecule has 1 aliphatic carbocycles. The molecule has 0 unspecified atom stereocenters. The third kappa shape index (κ3) is 3.48. The van der Waals surface area contributed by atoms with Gasteiger partial charge >= 0.3 is 0 Å². The molecule has 2 N–H and O–H groups in total. The second-order valence-corrected chi connectivity index (χ2v) is 6.98. The second kappa shape index (κ2) is 7.32. The maximum atomic E-state index is 12.6. The van der Waals surface area contributed by atoms with Gasteiger partial charge in [0, 0.05) is 24.6 Å². The van der Waals surface area contributed by atoms with Gasteiger partial charge in [0.15, 0.2) is 5.82 Å². The molecular formula is C21H22N4O2. The summed E-state index contributed by atoms with van der Waals surface area (Å²) in [5.41, 5.74) is 2.80. The molecule has 0 atom stereocenters. The van der Waals surface area contributed by atoms with Gasteiger partial charge in [-0.25, -0.2) is 0 Å². The number of nitrogens with zero attached hydrogens (tertiary/aromatic N) is 3. The Kier molecular flexibility index (Phi) is 4.73. The minimum Gasteiger partial charge on any atom is -0.388 e. The Bertz CT molecular complexity index is 946. The second-order valence-electron chi connectivity index (χ2n) is 6.98. The van der Waals surface area contributed by atoms with Gasteiger partial charge in [-0.15, -0.1) is 10.2 Å². The molecule has 0 radical (unpaired) electrons. The average Bonchev–Trinajstić information content (AvgIpc) is 3.05. The fraction of sp³-hybridized carbons (Fsp3) is 0.286. The Morgan fingerprint density at radius 2 is 1.85 bits per heavy atom. The van der Waals surface area contributed by atoms with Crippen LogP contribution in [0.4, 0.5) is 0 Å². The average molecular weight is 362 g/mol. The number of amides is 1. The van der Waals surface area contributed by atoms with Crippen molar-refractivity contribution in [2.45, 2.75) is 31.4 Å². The highest BCUT2D eigenvalue weighted by Crippen LogP contribution is 2.36. The Morgan fingerprint density at radius 3 is 2.56 bits per heavy atom. The van der Waals surface area contributed by atoms with Crippen LogP contribution in [-0.4, -0.2) is 31.8 Å². The van der Waals surface area contributed by atoms with Gasteiger partial charge < -0.3 is 15.0 Å². The van der Waals surface area contributed by atoms with Gasteiger partial charge in [0.25, 0.3) is 5.91 Å². The zero-order valence-corrected chi connectivity index (χ0v) is 15.2. The van der Waals surface area contributed by atoms with Gasteiger partial charge in [0.2, 0.25) is 0 Å². The Morgan fingerprint density at radius 1 is 1.11 bits per heavy atom. The van der Waals surface area contributed by atoms with E-state index in [0.29, 0.717) is 11.4 Å². The predicted octanol–water partition coefficient (Wildman–Crippen LogP) is 2.65. The molecule has 0 saturated heterocycles. The van der Waals surface area contributed by atoms with Crippen molar-refractivity contribution in [2.24, 2.45) is 7.05 Å². The van der Waals surface area contributed by atoms with E-state index < -0.39 is 0 Å². The molecule has 3 aromatic rings. The number of carbonyl (C=O) groups is 1. The van der Waals surface area contributed by atoms with Crippen molar-refractivity contribution < 1.29 is 9.90 Å². The largest absolute Gasteiger partial charge is 0.388 e. The SMILES string of the molecule is Cn1c(CO)nnc1C1CC(NC(=O)c2cccc(-c3ccccc3)c2)C1. The van der Waals surface area contributed by atoms with Crippen LogP contribution in [0.3, 0.4) is 0 Å². The van der Waals surface area contributed by atoms with Crippen LogP contribution in [0.25, 0.3) is 11.1 Å². The van der Waals surface area contributed by atoms with E-state index in [2.05, 4.69) is 15.5 Å². The van der Waals surface area contributed by atoms with Crippen molar-refractivity contribution in [3.63, 3.8) is 0 Å². The fourth-order valence-corrected chi connectivity index (χ4v) is 3.55. The monoisotopic (exact) mass is 362 g/mol. The fourth-order valence-electron chi connectivity index (χ4n) is 3.55. The van der Waals surface area contributed by atoms with Crippen LogP contribution in [0.1, 0.15) is 40.8 Å². The van der Waals surface area contributed by atoms with E-state index in [4.69, 9.17) is 0 Å². The summed E-state index contributed by atoms with van der Waals surface area (Å²) in [6.07, 6.45) is 1.67. The number of aliphatic hydroxyl groups is 1. The molecule has 1 aromatic heterocycles. The molecule has 0 aliphatic heterocycles. The number of benzene rings is 2. The highest BCUT2D eigenvalue weighted by molar-refractivity contribution is 5.95. The lowest BCUT2D eigenvalue weighted by Gasteiger charge is -2.35. The van der Waals surface area contributed by atoms with Gasteiger partial charge in [-0.2, -0.15) is 0 Å². The number of carbonyl (C=O) groups excluding carboxylic acids is 1.